The number of non-ortho nitro benzene ring substituents is 1. The number of fused-ring (bicyclic) bond motifs is 2. The molecule has 1 saturated heterocycles. The number of ketones is 1. The van der Waals surface area contributed by atoms with Gasteiger partial charge >= 0.3 is 5.91 Å². The Morgan fingerprint density at radius 3 is 2.73 bits per heavy atom. The van der Waals surface area contributed by atoms with Crippen LogP contribution in [0.1, 0.15) is 29.9 Å². The number of anilines is 1. The first-order valence-corrected chi connectivity index (χ1v) is 13.1. The molecule has 1 aliphatic rings. The van der Waals surface area contributed by atoms with E-state index in [0.29, 0.717) is 29.2 Å². The van der Waals surface area contributed by atoms with Crippen molar-refractivity contribution in [2.45, 2.75) is 19.9 Å². The summed E-state index contributed by atoms with van der Waals surface area (Å²) in [4.78, 5) is 48.5. The maximum atomic E-state index is 13.6. The predicted octanol–water partition coefficient (Wildman–Crippen LogP) is 5.19. The number of aliphatic hydroxyl groups is 1. The minimum Gasteiger partial charge on any atom is -0.505 e. The summed E-state index contributed by atoms with van der Waals surface area (Å²) in [7, 11) is 0. The number of carbonyl (C=O) groups is 2. The molecule has 1 N–H and O–H groups in total. The van der Waals surface area contributed by atoms with E-state index in [2.05, 4.69) is 9.97 Å². The first kappa shape index (κ1) is 25.2. The summed E-state index contributed by atoms with van der Waals surface area (Å²) >= 11 is 1.17. The summed E-state index contributed by atoms with van der Waals surface area (Å²) < 4.78 is 7.92. The van der Waals surface area contributed by atoms with Crippen molar-refractivity contribution in [2.75, 3.05) is 11.5 Å². The number of rotatable bonds is 6. The van der Waals surface area contributed by atoms with Gasteiger partial charge in [-0.2, -0.15) is 0 Å². The number of ether oxygens (including phenoxy) is 1. The zero-order chi connectivity index (χ0) is 28.1. The molecular formula is C28H21N5O6S. The molecule has 5 aromatic rings. The molecule has 0 aliphatic carbocycles. The summed E-state index contributed by atoms with van der Waals surface area (Å²) in [5, 5.41) is 23.4. The molecule has 1 atom stereocenters. The number of nitro groups is 1. The predicted molar refractivity (Wildman–Crippen MR) is 149 cm³/mol. The van der Waals surface area contributed by atoms with Crippen molar-refractivity contribution in [3.05, 3.63) is 99.5 Å². The van der Waals surface area contributed by atoms with Gasteiger partial charge in [-0.05, 0) is 49.7 Å². The zero-order valence-electron chi connectivity index (χ0n) is 21.3. The number of amides is 1. The monoisotopic (exact) mass is 555 g/mol. The van der Waals surface area contributed by atoms with E-state index in [1.54, 1.807) is 60.0 Å². The Kier molecular flexibility index (Phi) is 6.03. The van der Waals surface area contributed by atoms with Crippen LogP contribution >= 0.6 is 11.3 Å². The van der Waals surface area contributed by atoms with Gasteiger partial charge in [0.05, 0.1) is 39.1 Å². The van der Waals surface area contributed by atoms with Crippen molar-refractivity contribution in [2.24, 2.45) is 0 Å². The average molecular weight is 556 g/mol. The number of thiazole rings is 1. The Morgan fingerprint density at radius 1 is 1.12 bits per heavy atom. The van der Waals surface area contributed by atoms with Crippen LogP contribution in [0.3, 0.4) is 0 Å². The highest BCUT2D eigenvalue weighted by Gasteiger charge is 2.49. The molecule has 1 unspecified atom stereocenters. The number of hydrogen-bond donors (Lipinski definition) is 1. The second-order valence-electron chi connectivity index (χ2n) is 9.05. The lowest BCUT2D eigenvalue weighted by Crippen LogP contribution is -2.29. The molecule has 0 bridgehead atoms. The molecule has 3 aromatic heterocycles. The van der Waals surface area contributed by atoms with E-state index in [-0.39, 0.29) is 27.6 Å². The number of aromatic nitrogens is 3. The van der Waals surface area contributed by atoms with Gasteiger partial charge in [0.2, 0.25) is 0 Å². The number of nitro benzene ring substituents is 1. The molecule has 200 valence electrons. The second-order valence-corrected chi connectivity index (χ2v) is 10.1. The smallest absolute Gasteiger partial charge is 0.301 e. The highest BCUT2D eigenvalue weighted by Crippen LogP contribution is 2.45. The van der Waals surface area contributed by atoms with E-state index in [1.807, 2.05) is 6.92 Å². The Bertz CT molecular complexity index is 1890. The van der Waals surface area contributed by atoms with Gasteiger partial charge in [-0.3, -0.25) is 29.0 Å². The van der Waals surface area contributed by atoms with Crippen molar-refractivity contribution in [3.8, 4) is 5.75 Å². The molecule has 0 saturated carbocycles. The molecule has 0 spiro atoms. The van der Waals surface area contributed by atoms with Crippen molar-refractivity contribution in [3.63, 3.8) is 0 Å². The first-order chi connectivity index (χ1) is 19.3. The van der Waals surface area contributed by atoms with E-state index in [9.17, 15) is 24.8 Å². The fraction of sp³-hybridized carbons (Fsp3) is 0.143. The Labute approximate surface area is 230 Å². The third-order valence-corrected chi connectivity index (χ3v) is 7.65. The van der Waals surface area contributed by atoms with Gasteiger partial charge in [0, 0.05) is 18.3 Å². The van der Waals surface area contributed by atoms with E-state index in [1.165, 1.54) is 34.4 Å². The van der Waals surface area contributed by atoms with Crippen molar-refractivity contribution >= 4 is 55.5 Å². The summed E-state index contributed by atoms with van der Waals surface area (Å²) in [5.41, 5.74) is 1.65. The number of Topliss-reactive ketones (excluding diaryl/α,β-unsaturated/α-hetero) is 1. The lowest BCUT2D eigenvalue weighted by Gasteiger charge is -2.22. The largest absolute Gasteiger partial charge is 0.505 e. The highest BCUT2D eigenvalue weighted by molar-refractivity contribution is 7.22. The lowest BCUT2D eigenvalue weighted by molar-refractivity contribution is -0.384. The third kappa shape index (κ3) is 3.96. The Morgan fingerprint density at radius 2 is 1.95 bits per heavy atom. The highest BCUT2D eigenvalue weighted by atomic mass is 32.1. The van der Waals surface area contributed by atoms with Crippen LogP contribution in [-0.4, -0.2) is 42.7 Å². The average Bonchev–Trinajstić information content (AvgIpc) is 3.59. The third-order valence-electron chi connectivity index (χ3n) is 6.64. The van der Waals surface area contributed by atoms with Crippen LogP contribution in [0.5, 0.6) is 5.75 Å². The number of benzene rings is 2. The normalized spacial score (nSPS) is 16.8. The van der Waals surface area contributed by atoms with E-state index in [0.717, 1.165) is 4.70 Å². The summed E-state index contributed by atoms with van der Waals surface area (Å²) in [6.07, 6.45) is 1.69. The van der Waals surface area contributed by atoms with Crippen LogP contribution < -0.4 is 9.64 Å². The van der Waals surface area contributed by atoms with Crippen LogP contribution in [0.2, 0.25) is 0 Å². The van der Waals surface area contributed by atoms with Crippen molar-refractivity contribution in [1.29, 1.82) is 0 Å². The van der Waals surface area contributed by atoms with Crippen molar-refractivity contribution < 1.29 is 24.4 Å². The van der Waals surface area contributed by atoms with Crippen molar-refractivity contribution in [1.82, 2.24) is 14.4 Å². The number of nitrogens with zero attached hydrogens (tertiary/aromatic N) is 5. The number of imidazole rings is 1. The fourth-order valence-electron chi connectivity index (χ4n) is 4.93. The molecule has 6 rings (SSSR count). The molecular weight excluding hydrogens is 534 g/mol. The van der Waals surface area contributed by atoms with E-state index in [4.69, 9.17) is 4.74 Å². The Balaban J connectivity index is 1.59. The van der Waals surface area contributed by atoms with Gasteiger partial charge in [0.15, 0.2) is 10.9 Å². The lowest BCUT2D eigenvalue weighted by atomic mass is 9.96. The first-order valence-electron chi connectivity index (χ1n) is 12.3. The molecule has 1 amide bonds. The van der Waals surface area contributed by atoms with Crippen LogP contribution in [0, 0.1) is 17.0 Å². The van der Waals surface area contributed by atoms with Crippen LogP contribution in [0.15, 0.2) is 72.4 Å². The maximum Gasteiger partial charge on any atom is 0.301 e. The fourth-order valence-corrected chi connectivity index (χ4v) is 5.95. The van der Waals surface area contributed by atoms with E-state index >= 15 is 0 Å². The van der Waals surface area contributed by atoms with Crippen LogP contribution in [-0.2, 0) is 9.59 Å². The number of aliphatic hydroxyl groups excluding tert-OH is 1. The number of aryl methyl sites for hydroxylation is 1. The standard InChI is InChI=1S/C28H21N5O6S/c1-3-39-18-10-11-19-20(14-18)40-28(30-19)32-24(16-7-6-8-17(13-16)33(37)38)22(26(35)27(32)36)25(34)23-15(2)29-21-9-4-5-12-31(21)23/h4-14,24,34H,3H2,1-2H3/b25-22+. The molecule has 1 aliphatic heterocycles. The Hall–Kier alpha value is -5.10. The van der Waals surface area contributed by atoms with Gasteiger partial charge in [0.25, 0.3) is 11.5 Å². The zero-order valence-corrected chi connectivity index (χ0v) is 22.1. The van der Waals surface area contributed by atoms with E-state index < -0.39 is 28.4 Å². The SMILES string of the molecule is CCOc1ccc2nc(N3C(=O)C(=O)/C(=C(/O)c4c(C)nc5ccccn45)C3c3cccc([N+](=O)[O-])c3)sc2c1. The van der Waals surface area contributed by atoms with Gasteiger partial charge in [-0.1, -0.05) is 29.5 Å². The number of carbonyl (C=O) groups excluding carboxylic acids is 2. The maximum absolute atomic E-state index is 13.6. The van der Waals surface area contributed by atoms with Crippen LogP contribution in [0.25, 0.3) is 21.6 Å². The summed E-state index contributed by atoms with van der Waals surface area (Å²) in [5.74, 6) is -1.65. The topological polar surface area (TPSA) is 140 Å². The van der Waals surface area contributed by atoms with Gasteiger partial charge in [-0.25, -0.2) is 9.97 Å². The quantitative estimate of drug-likeness (QED) is 0.0993. The minimum absolute atomic E-state index is 0.205. The molecule has 4 heterocycles. The van der Waals surface area contributed by atoms with Gasteiger partial charge in [-0.15, -0.1) is 0 Å². The summed E-state index contributed by atoms with van der Waals surface area (Å²) in [6.45, 7) is 4.03. The molecule has 12 heteroatoms. The molecule has 2 aromatic carbocycles. The molecule has 0 radical (unpaired) electrons. The van der Waals surface area contributed by atoms with Gasteiger partial charge in [0.1, 0.15) is 17.1 Å². The molecule has 1 fully saturated rings. The second kappa shape index (κ2) is 9.58. The summed E-state index contributed by atoms with van der Waals surface area (Å²) in [6, 6.07) is 15.1. The molecule has 11 nitrogen and oxygen atoms in total. The van der Waals surface area contributed by atoms with Crippen LogP contribution in [0.4, 0.5) is 10.8 Å². The number of pyridine rings is 1. The minimum atomic E-state index is -1.18. The number of hydrogen-bond acceptors (Lipinski definition) is 9. The molecule has 40 heavy (non-hydrogen) atoms. The van der Waals surface area contributed by atoms with Gasteiger partial charge < -0.3 is 9.84 Å².